The van der Waals surface area contributed by atoms with E-state index in [4.69, 9.17) is 4.52 Å². The van der Waals surface area contributed by atoms with Crippen LogP contribution in [0, 0.1) is 15.9 Å². The SMILES string of the molecule is CC(=O)N1CCN(c2ccc(C(=O)NC(C)c3nc(-c4ccc(F)cc4)no3)cc2[N+](=O)[O-])CC1. The molecule has 182 valence electrons. The van der Waals surface area contributed by atoms with Crippen LogP contribution in [-0.2, 0) is 4.79 Å². The first-order valence-electron chi connectivity index (χ1n) is 10.9. The van der Waals surface area contributed by atoms with Crippen molar-refractivity contribution < 1.29 is 23.4 Å². The Morgan fingerprint density at radius 2 is 1.83 bits per heavy atom. The van der Waals surface area contributed by atoms with Gasteiger partial charge in [0, 0.05) is 50.3 Å². The first-order chi connectivity index (χ1) is 16.7. The number of amides is 2. The lowest BCUT2D eigenvalue weighted by atomic mass is 10.1. The molecule has 1 aliphatic heterocycles. The van der Waals surface area contributed by atoms with Crippen molar-refractivity contribution in [2.75, 3.05) is 31.1 Å². The minimum Gasteiger partial charge on any atom is -0.362 e. The maximum Gasteiger partial charge on any atom is 0.293 e. The van der Waals surface area contributed by atoms with E-state index in [2.05, 4.69) is 15.5 Å². The number of hydrogen-bond acceptors (Lipinski definition) is 8. The number of hydrogen-bond donors (Lipinski definition) is 1. The lowest BCUT2D eigenvalue weighted by Crippen LogP contribution is -2.48. The zero-order chi connectivity index (χ0) is 25.1. The van der Waals surface area contributed by atoms with E-state index in [-0.39, 0.29) is 28.9 Å². The molecular weight excluding hydrogens is 459 g/mol. The van der Waals surface area contributed by atoms with Crippen molar-refractivity contribution in [3.63, 3.8) is 0 Å². The molecule has 0 spiro atoms. The summed E-state index contributed by atoms with van der Waals surface area (Å²) in [6, 6.07) is 9.17. The van der Waals surface area contributed by atoms with Crippen LogP contribution in [0.15, 0.2) is 47.0 Å². The van der Waals surface area contributed by atoms with Gasteiger partial charge in [-0.25, -0.2) is 4.39 Å². The van der Waals surface area contributed by atoms with Crippen LogP contribution in [0.1, 0.15) is 36.1 Å². The predicted molar refractivity (Wildman–Crippen MR) is 123 cm³/mol. The van der Waals surface area contributed by atoms with Gasteiger partial charge in [-0.05, 0) is 43.3 Å². The van der Waals surface area contributed by atoms with Gasteiger partial charge in [0.2, 0.25) is 17.6 Å². The monoisotopic (exact) mass is 482 g/mol. The van der Waals surface area contributed by atoms with Gasteiger partial charge in [0.1, 0.15) is 17.5 Å². The molecule has 1 aliphatic rings. The zero-order valence-electron chi connectivity index (χ0n) is 19.1. The molecule has 2 aromatic carbocycles. The van der Waals surface area contributed by atoms with Gasteiger partial charge in [0.05, 0.1) is 4.92 Å². The van der Waals surface area contributed by atoms with Crippen molar-refractivity contribution in [3.05, 3.63) is 69.9 Å². The molecule has 0 bridgehead atoms. The number of nitro groups is 1. The van der Waals surface area contributed by atoms with Crippen molar-refractivity contribution >= 4 is 23.2 Å². The average molecular weight is 482 g/mol. The molecule has 1 unspecified atom stereocenters. The van der Waals surface area contributed by atoms with Gasteiger partial charge in [-0.3, -0.25) is 19.7 Å². The number of halogens is 1. The fourth-order valence-electron chi connectivity index (χ4n) is 3.81. The summed E-state index contributed by atoms with van der Waals surface area (Å²) in [5.74, 6) is -0.601. The minimum absolute atomic E-state index is 0.0358. The predicted octanol–water partition coefficient (Wildman–Crippen LogP) is 2.94. The van der Waals surface area contributed by atoms with E-state index < -0.39 is 22.7 Å². The summed E-state index contributed by atoms with van der Waals surface area (Å²) in [5, 5.41) is 18.3. The molecule has 0 saturated carbocycles. The molecular formula is C23H23FN6O5. The largest absolute Gasteiger partial charge is 0.362 e. The van der Waals surface area contributed by atoms with E-state index in [1.165, 1.54) is 43.3 Å². The number of nitrogens with zero attached hydrogens (tertiary/aromatic N) is 5. The minimum atomic E-state index is -0.678. The molecule has 1 saturated heterocycles. The smallest absolute Gasteiger partial charge is 0.293 e. The fraction of sp³-hybridized carbons (Fsp3) is 0.304. The van der Waals surface area contributed by atoms with E-state index in [1.54, 1.807) is 17.9 Å². The van der Waals surface area contributed by atoms with Gasteiger partial charge < -0.3 is 19.6 Å². The molecule has 35 heavy (non-hydrogen) atoms. The number of aromatic nitrogens is 2. The Bertz CT molecular complexity index is 1250. The van der Waals surface area contributed by atoms with Crippen LogP contribution in [0.5, 0.6) is 0 Å². The number of piperazine rings is 1. The van der Waals surface area contributed by atoms with E-state index in [0.717, 1.165) is 0 Å². The molecule has 3 aromatic rings. The summed E-state index contributed by atoms with van der Waals surface area (Å²) in [7, 11) is 0. The molecule has 0 radical (unpaired) electrons. The molecule has 1 aromatic heterocycles. The summed E-state index contributed by atoms with van der Waals surface area (Å²) in [4.78, 5) is 43.3. The lowest BCUT2D eigenvalue weighted by molar-refractivity contribution is -0.384. The number of carbonyl (C=O) groups is 2. The van der Waals surface area contributed by atoms with Crippen LogP contribution in [-0.4, -0.2) is 58.0 Å². The number of anilines is 1. The second-order valence-corrected chi connectivity index (χ2v) is 8.11. The summed E-state index contributed by atoms with van der Waals surface area (Å²) in [6.45, 7) is 4.97. The first kappa shape index (κ1) is 23.8. The lowest BCUT2D eigenvalue weighted by Gasteiger charge is -2.35. The van der Waals surface area contributed by atoms with Gasteiger partial charge >= 0.3 is 0 Å². The number of nitrogens with one attached hydrogen (secondary N) is 1. The summed E-state index contributed by atoms with van der Waals surface area (Å²) in [5.41, 5.74) is 0.852. The second-order valence-electron chi connectivity index (χ2n) is 8.11. The van der Waals surface area contributed by atoms with Gasteiger partial charge in [0.15, 0.2) is 0 Å². The van der Waals surface area contributed by atoms with Crippen molar-refractivity contribution in [3.8, 4) is 11.4 Å². The normalized spacial score (nSPS) is 14.5. The van der Waals surface area contributed by atoms with Crippen molar-refractivity contribution in [2.45, 2.75) is 19.9 Å². The molecule has 2 amide bonds. The number of carbonyl (C=O) groups excluding carboxylic acids is 2. The Balaban J connectivity index is 1.47. The number of nitro benzene ring substituents is 1. The topological polar surface area (TPSA) is 135 Å². The Hall–Kier alpha value is -4.35. The number of benzene rings is 2. The van der Waals surface area contributed by atoms with Gasteiger partial charge in [-0.1, -0.05) is 5.16 Å². The zero-order valence-corrected chi connectivity index (χ0v) is 19.1. The van der Waals surface area contributed by atoms with Crippen LogP contribution < -0.4 is 10.2 Å². The van der Waals surface area contributed by atoms with Crippen molar-refractivity contribution in [1.29, 1.82) is 0 Å². The van der Waals surface area contributed by atoms with Crippen LogP contribution >= 0.6 is 0 Å². The van der Waals surface area contributed by atoms with Gasteiger partial charge in [-0.2, -0.15) is 4.98 Å². The van der Waals surface area contributed by atoms with Crippen LogP contribution in [0.4, 0.5) is 15.8 Å². The van der Waals surface area contributed by atoms with E-state index >= 15 is 0 Å². The van der Waals surface area contributed by atoms with Gasteiger partial charge in [0.25, 0.3) is 11.6 Å². The Labute approximate surface area is 199 Å². The maximum absolute atomic E-state index is 13.1. The summed E-state index contributed by atoms with van der Waals surface area (Å²) in [6.07, 6.45) is 0. The fourth-order valence-corrected chi connectivity index (χ4v) is 3.81. The highest BCUT2D eigenvalue weighted by molar-refractivity contribution is 5.96. The van der Waals surface area contributed by atoms with E-state index in [9.17, 15) is 24.1 Å². The Morgan fingerprint density at radius 3 is 2.46 bits per heavy atom. The quantitative estimate of drug-likeness (QED) is 0.419. The molecule has 4 rings (SSSR count). The molecule has 2 heterocycles. The molecule has 11 nitrogen and oxygen atoms in total. The third-order valence-electron chi connectivity index (χ3n) is 5.76. The van der Waals surface area contributed by atoms with Crippen LogP contribution in [0.3, 0.4) is 0 Å². The number of rotatable bonds is 6. The van der Waals surface area contributed by atoms with E-state index in [0.29, 0.717) is 37.4 Å². The third kappa shape index (κ3) is 5.26. The van der Waals surface area contributed by atoms with Crippen LogP contribution in [0.25, 0.3) is 11.4 Å². The second kappa shape index (κ2) is 9.87. The van der Waals surface area contributed by atoms with Crippen molar-refractivity contribution in [2.24, 2.45) is 0 Å². The highest BCUT2D eigenvalue weighted by atomic mass is 19.1. The highest BCUT2D eigenvalue weighted by Gasteiger charge is 2.26. The van der Waals surface area contributed by atoms with Crippen molar-refractivity contribution in [1.82, 2.24) is 20.4 Å². The summed E-state index contributed by atoms with van der Waals surface area (Å²) >= 11 is 0. The molecule has 12 heteroatoms. The molecule has 1 N–H and O–H groups in total. The standard InChI is InChI=1S/C23H23FN6O5/c1-14(23-26-21(27-35-23)16-3-6-18(24)7-4-16)25-22(32)17-5-8-19(20(13-17)30(33)34)29-11-9-28(10-12-29)15(2)31/h3-8,13-14H,9-12H2,1-2H3,(H,25,32). The average Bonchev–Trinajstić information content (AvgIpc) is 3.34. The first-order valence-corrected chi connectivity index (χ1v) is 10.9. The third-order valence-corrected chi connectivity index (χ3v) is 5.76. The molecule has 0 aliphatic carbocycles. The maximum atomic E-state index is 13.1. The Morgan fingerprint density at radius 1 is 1.14 bits per heavy atom. The Kier molecular flexibility index (Phi) is 6.71. The summed E-state index contributed by atoms with van der Waals surface area (Å²) < 4.78 is 18.3. The van der Waals surface area contributed by atoms with Crippen LogP contribution in [0.2, 0.25) is 0 Å². The van der Waals surface area contributed by atoms with Gasteiger partial charge in [-0.15, -0.1) is 0 Å². The van der Waals surface area contributed by atoms with E-state index in [1.807, 2.05) is 4.90 Å². The highest BCUT2D eigenvalue weighted by Crippen LogP contribution is 2.30. The molecule has 1 fully saturated rings. The molecule has 1 atom stereocenters.